The minimum atomic E-state index is -3.97. The maximum absolute atomic E-state index is 11.5. The molecular weight excluding hydrogens is 284 g/mol. The van der Waals surface area contributed by atoms with Crippen LogP contribution >= 0.6 is 10.7 Å². The van der Waals surface area contributed by atoms with Crippen LogP contribution in [0.4, 0.5) is 4.79 Å². The Morgan fingerprint density at radius 1 is 1.56 bits per heavy atom. The molecule has 8 nitrogen and oxygen atoms in total. The number of hydrogen-bond acceptors (Lipinski definition) is 5. The first-order chi connectivity index (χ1) is 8.12. The van der Waals surface area contributed by atoms with Crippen molar-refractivity contribution in [1.29, 1.82) is 0 Å². The third-order valence-corrected chi connectivity index (χ3v) is 3.36. The molecule has 1 rings (SSSR count). The van der Waals surface area contributed by atoms with Crippen LogP contribution in [0.25, 0.3) is 0 Å². The van der Waals surface area contributed by atoms with Gasteiger partial charge in [-0.1, -0.05) is 0 Å². The summed E-state index contributed by atoms with van der Waals surface area (Å²) in [7, 11) is 1.16. The van der Waals surface area contributed by atoms with Gasteiger partial charge in [0.25, 0.3) is 15.0 Å². The second-order valence-corrected chi connectivity index (χ2v) is 6.01. The first-order valence-electron chi connectivity index (χ1n) is 4.73. The summed E-state index contributed by atoms with van der Waals surface area (Å²) in [5, 5.41) is 1.52. The standard InChI is InChI=1S/C8H11ClN4O4S/c1-4(7(14)12-8(10)15)13-3-6(11-5(13)2)18(9,16)17/h3-4H,1-2H3,(H3,10,12,14,15). The van der Waals surface area contributed by atoms with Gasteiger partial charge in [-0.25, -0.2) is 18.2 Å². The summed E-state index contributed by atoms with van der Waals surface area (Å²) in [5.74, 6) is -0.414. The quantitative estimate of drug-likeness (QED) is 0.752. The lowest BCUT2D eigenvalue weighted by atomic mass is 10.3. The number of aromatic nitrogens is 2. The molecule has 1 heterocycles. The number of nitrogens with two attached hydrogens (primary N) is 1. The van der Waals surface area contributed by atoms with Crippen molar-refractivity contribution in [3.05, 3.63) is 12.0 Å². The lowest BCUT2D eigenvalue weighted by Gasteiger charge is -2.13. The fourth-order valence-electron chi connectivity index (χ4n) is 1.32. The number of imide groups is 1. The molecule has 0 fully saturated rings. The average molecular weight is 295 g/mol. The van der Waals surface area contributed by atoms with Crippen LogP contribution < -0.4 is 11.1 Å². The Kier molecular flexibility index (Phi) is 3.97. The number of primary amides is 1. The maximum atomic E-state index is 11.5. The van der Waals surface area contributed by atoms with Gasteiger partial charge in [-0.3, -0.25) is 10.1 Å². The molecule has 0 radical (unpaired) electrons. The van der Waals surface area contributed by atoms with E-state index in [0.29, 0.717) is 0 Å². The van der Waals surface area contributed by atoms with E-state index in [2.05, 4.69) is 4.98 Å². The van der Waals surface area contributed by atoms with Crippen molar-refractivity contribution in [2.24, 2.45) is 5.73 Å². The highest BCUT2D eigenvalue weighted by Crippen LogP contribution is 2.17. The zero-order chi connectivity index (χ0) is 14.1. The smallest absolute Gasteiger partial charge is 0.318 e. The van der Waals surface area contributed by atoms with Crippen LogP contribution in [0.3, 0.4) is 0 Å². The molecule has 0 saturated heterocycles. The SMILES string of the molecule is Cc1nc(S(=O)(=O)Cl)cn1C(C)C(=O)NC(N)=O. The summed E-state index contributed by atoms with van der Waals surface area (Å²) in [6.45, 7) is 2.96. The summed E-state index contributed by atoms with van der Waals surface area (Å²) in [6, 6.07) is -1.84. The second kappa shape index (κ2) is 4.94. The van der Waals surface area contributed by atoms with Crippen molar-refractivity contribution in [1.82, 2.24) is 14.9 Å². The Labute approximate surface area is 108 Å². The number of carbonyl (C=O) groups is 2. The molecule has 1 atom stereocenters. The number of rotatable bonds is 3. The van der Waals surface area contributed by atoms with E-state index in [4.69, 9.17) is 16.4 Å². The number of aryl methyl sites for hydroxylation is 1. The summed E-state index contributed by atoms with van der Waals surface area (Å²) < 4.78 is 23.4. The van der Waals surface area contributed by atoms with Gasteiger partial charge in [-0.05, 0) is 13.8 Å². The highest BCUT2D eigenvalue weighted by molar-refractivity contribution is 8.13. The van der Waals surface area contributed by atoms with Gasteiger partial charge >= 0.3 is 6.03 Å². The van der Waals surface area contributed by atoms with E-state index in [1.807, 2.05) is 5.32 Å². The molecule has 0 saturated carbocycles. The van der Waals surface area contributed by atoms with E-state index in [0.717, 1.165) is 6.20 Å². The highest BCUT2D eigenvalue weighted by Gasteiger charge is 2.22. The average Bonchev–Trinajstić information content (AvgIpc) is 2.57. The van der Waals surface area contributed by atoms with Crippen LogP contribution in [-0.4, -0.2) is 29.9 Å². The van der Waals surface area contributed by atoms with E-state index >= 15 is 0 Å². The van der Waals surface area contributed by atoms with Crippen molar-refractivity contribution in [3.8, 4) is 0 Å². The Morgan fingerprint density at radius 2 is 2.11 bits per heavy atom. The van der Waals surface area contributed by atoms with Crippen LogP contribution in [0.2, 0.25) is 0 Å². The molecule has 1 unspecified atom stereocenters. The number of nitrogens with zero attached hydrogens (tertiary/aromatic N) is 2. The van der Waals surface area contributed by atoms with Gasteiger partial charge in [-0.15, -0.1) is 0 Å². The van der Waals surface area contributed by atoms with Crippen molar-refractivity contribution in [3.63, 3.8) is 0 Å². The van der Waals surface area contributed by atoms with Gasteiger partial charge in [0.15, 0.2) is 5.03 Å². The molecule has 0 aliphatic carbocycles. The number of hydrogen-bond donors (Lipinski definition) is 2. The summed E-state index contributed by atoms with van der Waals surface area (Å²) in [5.41, 5.74) is 4.81. The summed E-state index contributed by atoms with van der Waals surface area (Å²) in [4.78, 5) is 25.8. The van der Waals surface area contributed by atoms with Crippen LogP contribution in [0.1, 0.15) is 18.8 Å². The monoisotopic (exact) mass is 294 g/mol. The van der Waals surface area contributed by atoms with Crippen molar-refractivity contribution in [2.75, 3.05) is 0 Å². The van der Waals surface area contributed by atoms with Gasteiger partial charge in [0.1, 0.15) is 11.9 Å². The number of urea groups is 1. The lowest BCUT2D eigenvalue weighted by Crippen LogP contribution is -2.39. The molecule has 0 aliphatic heterocycles. The van der Waals surface area contributed by atoms with Crippen molar-refractivity contribution >= 4 is 31.7 Å². The minimum Gasteiger partial charge on any atom is -0.351 e. The van der Waals surface area contributed by atoms with Crippen LogP contribution in [0.15, 0.2) is 11.2 Å². The van der Waals surface area contributed by atoms with Gasteiger partial charge in [0, 0.05) is 16.9 Å². The van der Waals surface area contributed by atoms with Gasteiger partial charge < -0.3 is 10.3 Å². The number of halogens is 1. The molecule has 3 amide bonds. The molecule has 100 valence electrons. The molecule has 1 aromatic rings. The summed E-state index contributed by atoms with van der Waals surface area (Å²) >= 11 is 0. The number of amides is 3. The topological polar surface area (TPSA) is 124 Å². The van der Waals surface area contributed by atoms with Gasteiger partial charge in [0.2, 0.25) is 0 Å². The zero-order valence-corrected chi connectivity index (χ0v) is 11.1. The molecule has 0 aromatic carbocycles. The molecule has 0 aliphatic rings. The third-order valence-electron chi connectivity index (χ3n) is 2.19. The maximum Gasteiger partial charge on any atom is 0.318 e. The molecular formula is C8H11ClN4O4S. The van der Waals surface area contributed by atoms with E-state index in [1.165, 1.54) is 18.4 Å². The van der Waals surface area contributed by atoms with E-state index in [9.17, 15) is 18.0 Å². The number of carbonyl (C=O) groups excluding carboxylic acids is 2. The third kappa shape index (κ3) is 3.20. The van der Waals surface area contributed by atoms with E-state index in [-0.39, 0.29) is 10.9 Å². The largest absolute Gasteiger partial charge is 0.351 e. The van der Waals surface area contributed by atoms with E-state index < -0.39 is 27.0 Å². The predicted octanol–water partition coefficient (Wildman–Crippen LogP) is -0.125. The zero-order valence-electron chi connectivity index (χ0n) is 9.55. The Morgan fingerprint density at radius 3 is 2.50 bits per heavy atom. The highest BCUT2D eigenvalue weighted by atomic mass is 35.7. The van der Waals surface area contributed by atoms with Crippen LogP contribution in [-0.2, 0) is 13.8 Å². The fraction of sp³-hybridized carbons (Fsp3) is 0.375. The predicted molar refractivity (Wildman–Crippen MR) is 62.4 cm³/mol. The second-order valence-electron chi connectivity index (χ2n) is 3.50. The van der Waals surface area contributed by atoms with Crippen LogP contribution in [0.5, 0.6) is 0 Å². The minimum absolute atomic E-state index is 0.265. The number of imidazole rings is 1. The molecule has 1 aromatic heterocycles. The molecule has 3 N–H and O–H groups in total. The first kappa shape index (κ1) is 14.5. The Bertz CT molecular complexity index is 594. The fourth-order valence-corrected chi connectivity index (χ4v) is 2.02. The molecule has 0 spiro atoms. The molecule has 18 heavy (non-hydrogen) atoms. The van der Waals surface area contributed by atoms with Crippen LogP contribution in [0, 0.1) is 6.92 Å². The van der Waals surface area contributed by atoms with Gasteiger partial charge in [-0.2, -0.15) is 0 Å². The molecule has 0 bridgehead atoms. The summed E-state index contributed by atoms with van der Waals surface area (Å²) in [6.07, 6.45) is 1.11. The number of nitrogens with one attached hydrogen (secondary N) is 1. The van der Waals surface area contributed by atoms with Crippen molar-refractivity contribution in [2.45, 2.75) is 24.9 Å². The van der Waals surface area contributed by atoms with Gasteiger partial charge in [0.05, 0.1) is 0 Å². The van der Waals surface area contributed by atoms with E-state index in [1.54, 1.807) is 0 Å². The normalized spacial score (nSPS) is 13.1. The first-order valence-corrected chi connectivity index (χ1v) is 7.04. The Hall–Kier alpha value is -1.61. The Balaban J connectivity index is 3.07. The lowest BCUT2D eigenvalue weighted by molar-refractivity contribution is -0.122. The molecule has 10 heteroatoms. The van der Waals surface area contributed by atoms with Crippen molar-refractivity contribution < 1.29 is 18.0 Å².